The van der Waals surface area contributed by atoms with E-state index in [1.54, 1.807) is 42.5 Å². The number of nitrogens with one attached hydrogen (secondary N) is 1. The maximum Gasteiger partial charge on any atom is 0.331 e. The van der Waals surface area contributed by atoms with Gasteiger partial charge in [-0.3, -0.25) is 10.1 Å². The highest BCUT2D eigenvalue weighted by Crippen LogP contribution is 2.23. The standard InChI is InChI=1S/C20H16FN3O4S/c1-27-18(25)10-17-19(26)23-20(29-17)24-22-11-13-5-4-7-15(9-13)28-12-14-6-2-3-8-16(14)21/h2-11H,12H2,1H3,(H,23,24,26)/b17-10+,22-11?. The zero-order chi connectivity index (χ0) is 20.6. The molecule has 1 heterocycles. The minimum Gasteiger partial charge on any atom is -0.489 e. The largest absolute Gasteiger partial charge is 0.489 e. The van der Waals surface area contributed by atoms with Gasteiger partial charge in [-0.05, 0) is 35.5 Å². The number of carbonyl (C=O) groups is 2. The van der Waals surface area contributed by atoms with E-state index in [2.05, 4.69) is 20.3 Å². The molecule has 29 heavy (non-hydrogen) atoms. The maximum atomic E-state index is 13.7. The van der Waals surface area contributed by atoms with Crippen molar-refractivity contribution < 1.29 is 23.5 Å². The molecule has 0 aromatic heterocycles. The van der Waals surface area contributed by atoms with E-state index in [0.717, 1.165) is 17.8 Å². The summed E-state index contributed by atoms with van der Waals surface area (Å²) in [4.78, 5) is 23.1. The van der Waals surface area contributed by atoms with Gasteiger partial charge in [0.25, 0.3) is 5.91 Å². The first-order valence-corrected chi connectivity index (χ1v) is 9.23. The topological polar surface area (TPSA) is 89.3 Å². The van der Waals surface area contributed by atoms with E-state index in [9.17, 15) is 14.0 Å². The molecule has 1 saturated heterocycles. The summed E-state index contributed by atoms with van der Waals surface area (Å²) in [6, 6.07) is 13.5. The average molecular weight is 413 g/mol. The Morgan fingerprint density at radius 1 is 1.24 bits per heavy atom. The lowest BCUT2D eigenvalue weighted by atomic mass is 10.2. The maximum absolute atomic E-state index is 13.7. The Balaban J connectivity index is 1.61. The first-order valence-electron chi connectivity index (χ1n) is 8.41. The Bertz CT molecular complexity index is 1020. The van der Waals surface area contributed by atoms with Gasteiger partial charge in [0.05, 0.1) is 18.2 Å². The summed E-state index contributed by atoms with van der Waals surface area (Å²) >= 11 is 0.984. The number of thioether (sulfide) groups is 1. The lowest BCUT2D eigenvalue weighted by Gasteiger charge is -2.07. The first kappa shape index (κ1) is 20.3. The lowest BCUT2D eigenvalue weighted by Crippen LogP contribution is -2.19. The molecule has 0 aliphatic carbocycles. The normalized spacial score (nSPS) is 16.4. The van der Waals surface area contributed by atoms with E-state index in [1.807, 2.05) is 0 Å². The molecule has 0 bridgehead atoms. The molecule has 9 heteroatoms. The number of amides is 1. The fraction of sp³-hybridized carbons (Fsp3) is 0.100. The van der Waals surface area contributed by atoms with Crippen molar-refractivity contribution in [2.45, 2.75) is 6.61 Å². The van der Waals surface area contributed by atoms with Gasteiger partial charge in [-0.25, -0.2) is 9.18 Å². The molecule has 1 fully saturated rings. The third kappa shape index (κ3) is 5.76. The third-order valence-corrected chi connectivity index (χ3v) is 4.57. The van der Waals surface area contributed by atoms with Crippen LogP contribution in [0.4, 0.5) is 4.39 Å². The molecule has 148 valence electrons. The Morgan fingerprint density at radius 3 is 2.86 bits per heavy atom. The molecule has 1 aliphatic heterocycles. The van der Waals surface area contributed by atoms with Crippen molar-refractivity contribution in [1.82, 2.24) is 5.32 Å². The molecule has 1 amide bonds. The van der Waals surface area contributed by atoms with Crippen molar-refractivity contribution in [1.29, 1.82) is 0 Å². The van der Waals surface area contributed by atoms with Gasteiger partial charge in [-0.1, -0.05) is 30.3 Å². The van der Waals surface area contributed by atoms with Crippen molar-refractivity contribution in [3.63, 3.8) is 0 Å². The predicted molar refractivity (Wildman–Crippen MR) is 108 cm³/mol. The van der Waals surface area contributed by atoms with Crippen LogP contribution in [0.5, 0.6) is 5.75 Å². The number of esters is 1. The summed E-state index contributed by atoms with van der Waals surface area (Å²) in [7, 11) is 1.23. The van der Waals surface area contributed by atoms with Crippen LogP contribution >= 0.6 is 11.8 Å². The van der Waals surface area contributed by atoms with Crippen molar-refractivity contribution in [3.05, 3.63) is 76.5 Å². The van der Waals surface area contributed by atoms with E-state index in [4.69, 9.17) is 4.74 Å². The highest BCUT2D eigenvalue weighted by Gasteiger charge is 2.24. The second kappa shape index (κ2) is 9.65. The number of hydrogen-bond donors (Lipinski definition) is 1. The van der Waals surface area contributed by atoms with Gasteiger partial charge >= 0.3 is 5.97 Å². The molecular weight excluding hydrogens is 397 g/mol. The van der Waals surface area contributed by atoms with Gasteiger partial charge in [0, 0.05) is 11.6 Å². The molecule has 7 nitrogen and oxygen atoms in total. The Labute approximate surface area is 170 Å². The molecule has 0 atom stereocenters. The van der Waals surface area contributed by atoms with Crippen LogP contribution in [0.3, 0.4) is 0 Å². The Morgan fingerprint density at radius 2 is 2.07 bits per heavy atom. The zero-order valence-electron chi connectivity index (χ0n) is 15.3. The summed E-state index contributed by atoms with van der Waals surface area (Å²) in [5.74, 6) is -0.841. The number of ether oxygens (including phenoxy) is 2. The van der Waals surface area contributed by atoms with Crippen LogP contribution < -0.4 is 10.1 Å². The average Bonchev–Trinajstić information content (AvgIpc) is 3.06. The van der Waals surface area contributed by atoms with Crippen LogP contribution in [0.2, 0.25) is 0 Å². The molecular formula is C20H16FN3O4S. The molecule has 3 rings (SSSR count). The van der Waals surface area contributed by atoms with Crippen LogP contribution in [0, 0.1) is 5.82 Å². The number of benzene rings is 2. The fourth-order valence-electron chi connectivity index (χ4n) is 2.25. The number of rotatable bonds is 6. The van der Waals surface area contributed by atoms with Crippen LogP contribution in [-0.2, 0) is 20.9 Å². The smallest absolute Gasteiger partial charge is 0.331 e. The van der Waals surface area contributed by atoms with Crippen molar-refractivity contribution >= 4 is 35.0 Å². The van der Waals surface area contributed by atoms with E-state index in [-0.39, 0.29) is 22.5 Å². The van der Waals surface area contributed by atoms with Gasteiger partial charge in [-0.2, -0.15) is 5.10 Å². The number of nitrogens with zero attached hydrogens (tertiary/aromatic N) is 2. The molecule has 0 spiro atoms. The van der Waals surface area contributed by atoms with Crippen molar-refractivity contribution in [2.75, 3.05) is 7.11 Å². The molecule has 0 saturated carbocycles. The van der Waals surface area contributed by atoms with Gasteiger partial charge in [0.1, 0.15) is 18.2 Å². The van der Waals surface area contributed by atoms with Crippen molar-refractivity contribution in [2.24, 2.45) is 10.2 Å². The van der Waals surface area contributed by atoms with E-state index < -0.39 is 11.9 Å². The molecule has 1 aliphatic rings. The van der Waals surface area contributed by atoms with E-state index >= 15 is 0 Å². The van der Waals surface area contributed by atoms with Crippen LogP contribution in [-0.4, -0.2) is 30.4 Å². The number of hydrogen-bond acceptors (Lipinski definition) is 7. The zero-order valence-corrected chi connectivity index (χ0v) is 16.1. The minimum atomic E-state index is -0.625. The third-order valence-electron chi connectivity index (χ3n) is 3.67. The van der Waals surface area contributed by atoms with E-state index in [1.165, 1.54) is 19.4 Å². The summed E-state index contributed by atoms with van der Waals surface area (Å²) in [6.07, 6.45) is 2.57. The lowest BCUT2D eigenvalue weighted by molar-refractivity contribution is -0.135. The Hall–Kier alpha value is -3.46. The predicted octanol–water partition coefficient (Wildman–Crippen LogP) is 3.01. The molecule has 0 radical (unpaired) electrons. The van der Waals surface area contributed by atoms with Crippen molar-refractivity contribution in [3.8, 4) is 5.75 Å². The minimum absolute atomic E-state index is 0.105. The van der Waals surface area contributed by atoms with Gasteiger partial charge in [0.2, 0.25) is 0 Å². The van der Waals surface area contributed by atoms with Gasteiger partial charge < -0.3 is 9.47 Å². The number of methoxy groups -OCH3 is 1. The van der Waals surface area contributed by atoms with Gasteiger partial charge in [-0.15, -0.1) is 5.10 Å². The second-order valence-electron chi connectivity index (χ2n) is 5.69. The fourth-order valence-corrected chi connectivity index (χ4v) is 2.99. The number of carbonyl (C=O) groups excluding carboxylic acids is 2. The summed E-state index contributed by atoms with van der Waals surface area (Å²) in [5, 5.41) is 10.6. The molecule has 1 N–H and O–H groups in total. The Kier molecular flexibility index (Phi) is 6.75. The van der Waals surface area contributed by atoms with Crippen LogP contribution in [0.1, 0.15) is 11.1 Å². The molecule has 0 unspecified atom stereocenters. The summed E-state index contributed by atoms with van der Waals surface area (Å²) < 4.78 is 23.8. The quantitative estimate of drug-likeness (QED) is 0.340. The highest BCUT2D eigenvalue weighted by molar-refractivity contribution is 8.18. The first-order chi connectivity index (χ1) is 14.0. The SMILES string of the molecule is COC(=O)/C=C1/S/C(=N\N=Cc2cccc(OCc3ccccc3F)c2)NC1=O. The van der Waals surface area contributed by atoms with Crippen LogP contribution in [0.15, 0.2) is 69.7 Å². The van der Waals surface area contributed by atoms with Gasteiger partial charge in [0.15, 0.2) is 5.17 Å². The summed E-state index contributed by atoms with van der Waals surface area (Å²) in [6.45, 7) is 0.105. The monoisotopic (exact) mass is 413 g/mol. The second-order valence-corrected chi connectivity index (χ2v) is 6.72. The van der Waals surface area contributed by atoms with E-state index in [0.29, 0.717) is 16.9 Å². The number of halogens is 1. The molecule has 2 aromatic carbocycles. The molecule has 2 aromatic rings. The number of amidine groups is 1. The highest BCUT2D eigenvalue weighted by atomic mass is 32.2. The summed E-state index contributed by atoms with van der Waals surface area (Å²) in [5.41, 5.74) is 1.17. The van der Waals surface area contributed by atoms with Crippen LogP contribution in [0.25, 0.3) is 0 Å².